The first-order valence-corrected chi connectivity index (χ1v) is 7.74. The summed E-state index contributed by atoms with van der Waals surface area (Å²) < 4.78 is 28.1. The lowest BCUT2D eigenvalue weighted by molar-refractivity contribution is -0.0720. The Morgan fingerprint density at radius 1 is 0.958 bits per heavy atom. The molecule has 0 aromatic heterocycles. The molecule has 0 saturated carbocycles. The number of rotatable bonds is 3. The van der Waals surface area contributed by atoms with Crippen molar-refractivity contribution < 1.29 is 13.5 Å². The number of alkyl halides is 2. The number of hydrogen-bond acceptors (Lipinski definition) is 1. The molecule has 0 N–H and O–H groups in total. The van der Waals surface area contributed by atoms with Gasteiger partial charge in [0.1, 0.15) is 6.11 Å². The van der Waals surface area contributed by atoms with Crippen LogP contribution in [0, 0.1) is 12.0 Å². The Morgan fingerprint density at radius 3 is 2.42 bits per heavy atom. The molecule has 0 aliphatic rings. The molecule has 1 nitrogen and oxygen atoms in total. The van der Waals surface area contributed by atoms with Crippen LogP contribution in [0.5, 0.6) is 0 Å². The fraction of sp³-hybridized carbons (Fsp3) is 0.143. The minimum Gasteiger partial charge on any atom is -0.381 e. The van der Waals surface area contributed by atoms with E-state index in [1.165, 1.54) is 5.56 Å². The first-order valence-electron chi connectivity index (χ1n) is 7.74. The number of benzene rings is 3. The van der Waals surface area contributed by atoms with Gasteiger partial charge in [0.15, 0.2) is 0 Å². The third-order valence-electron chi connectivity index (χ3n) is 3.91. The third kappa shape index (κ3) is 3.55. The van der Waals surface area contributed by atoms with E-state index in [1.807, 2.05) is 24.3 Å². The lowest BCUT2D eigenvalue weighted by Gasteiger charge is -2.06. The molecule has 0 radical (unpaired) electrons. The molecule has 3 aromatic rings. The van der Waals surface area contributed by atoms with Gasteiger partial charge in [-0.1, -0.05) is 55.5 Å². The molecular formula is C21H16F2O. The van der Waals surface area contributed by atoms with E-state index in [2.05, 4.69) is 54.0 Å². The summed E-state index contributed by atoms with van der Waals surface area (Å²) in [6.45, 7) is -0.754. The summed E-state index contributed by atoms with van der Waals surface area (Å²) >= 11 is 0. The number of ether oxygens (including phenoxy) is 1. The van der Waals surface area contributed by atoms with Crippen LogP contribution in [-0.4, -0.2) is 6.61 Å². The molecule has 3 aromatic carbocycles. The van der Waals surface area contributed by atoms with Crippen LogP contribution < -0.4 is 0 Å². The van der Waals surface area contributed by atoms with Gasteiger partial charge < -0.3 is 4.74 Å². The van der Waals surface area contributed by atoms with Crippen molar-refractivity contribution in [2.75, 3.05) is 0 Å². The molecule has 0 heterocycles. The molecule has 3 heteroatoms. The van der Waals surface area contributed by atoms with Crippen molar-refractivity contribution in [3.8, 4) is 23.2 Å². The molecule has 0 saturated heterocycles. The minimum atomic E-state index is -2.88. The lowest BCUT2D eigenvalue weighted by Crippen LogP contribution is -1.90. The summed E-state index contributed by atoms with van der Waals surface area (Å²) in [4.78, 5) is 0. The largest absolute Gasteiger partial charge is 0.395 e. The van der Waals surface area contributed by atoms with Crippen molar-refractivity contribution in [2.24, 2.45) is 0 Å². The maximum atomic E-state index is 12.0. The second-order valence-electron chi connectivity index (χ2n) is 5.40. The van der Waals surface area contributed by atoms with E-state index >= 15 is 0 Å². The molecule has 24 heavy (non-hydrogen) atoms. The fourth-order valence-electron chi connectivity index (χ4n) is 2.63. The Bertz CT molecular complexity index is 903. The van der Waals surface area contributed by atoms with Crippen LogP contribution in [0.2, 0.25) is 0 Å². The van der Waals surface area contributed by atoms with Gasteiger partial charge in [-0.25, -0.2) is 0 Å². The average Bonchev–Trinajstić information content (AvgIpc) is 2.61. The van der Waals surface area contributed by atoms with Crippen molar-refractivity contribution in [1.29, 1.82) is 0 Å². The van der Waals surface area contributed by atoms with E-state index in [4.69, 9.17) is 0 Å². The van der Waals surface area contributed by atoms with Crippen LogP contribution in [-0.2, 0) is 11.2 Å². The van der Waals surface area contributed by atoms with E-state index in [9.17, 15) is 8.78 Å². The Kier molecular flexibility index (Phi) is 4.77. The van der Waals surface area contributed by atoms with E-state index in [0.717, 1.165) is 28.3 Å². The van der Waals surface area contributed by atoms with Gasteiger partial charge in [-0.05, 0) is 51.9 Å². The summed E-state index contributed by atoms with van der Waals surface area (Å²) in [5, 5.41) is 1.92. The topological polar surface area (TPSA) is 9.23 Å². The molecule has 0 aliphatic heterocycles. The molecule has 0 bridgehead atoms. The highest BCUT2D eigenvalue weighted by atomic mass is 19.3. The van der Waals surface area contributed by atoms with Gasteiger partial charge in [-0.15, -0.1) is 0 Å². The van der Waals surface area contributed by atoms with Gasteiger partial charge in [-0.3, -0.25) is 0 Å². The van der Waals surface area contributed by atoms with Crippen LogP contribution in [0.4, 0.5) is 8.78 Å². The molecule has 0 spiro atoms. The summed E-state index contributed by atoms with van der Waals surface area (Å²) in [6, 6.07) is 20.2. The molecule has 120 valence electrons. The van der Waals surface area contributed by atoms with E-state index in [-0.39, 0.29) is 0 Å². The number of aryl methyl sites for hydroxylation is 1. The second-order valence-corrected chi connectivity index (χ2v) is 5.40. The highest BCUT2D eigenvalue weighted by molar-refractivity contribution is 5.91. The van der Waals surface area contributed by atoms with Crippen LogP contribution in [0.25, 0.3) is 21.9 Å². The van der Waals surface area contributed by atoms with Gasteiger partial charge in [0.2, 0.25) is 0 Å². The van der Waals surface area contributed by atoms with Crippen LogP contribution in [0.15, 0.2) is 60.7 Å². The van der Waals surface area contributed by atoms with E-state index < -0.39 is 6.61 Å². The molecule has 0 unspecified atom stereocenters. The van der Waals surface area contributed by atoms with Crippen LogP contribution >= 0.6 is 0 Å². The zero-order chi connectivity index (χ0) is 16.9. The van der Waals surface area contributed by atoms with Crippen molar-refractivity contribution in [2.45, 2.75) is 20.0 Å². The van der Waals surface area contributed by atoms with Gasteiger partial charge in [0.05, 0.1) is 0 Å². The predicted octanol–water partition coefficient (Wildman–Crippen LogP) is 5.62. The van der Waals surface area contributed by atoms with Crippen molar-refractivity contribution in [3.05, 3.63) is 71.8 Å². The first kappa shape index (κ1) is 16.0. The molecule has 0 atom stereocenters. The summed E-state index contributed by atoms with van der Waals surface area (Å²) in [5.41, 5.74) is 4.22. The number of hydrogen-bond donors (Lipinski definition) is 0. The first-order chi connectivity index (χ1) is 11.7. The van der Waals surface area contributed by atoms with E-state index in [0.29, 0.717) is 5.56 Å². The van der Waals surface area contributed by atoms with Crippen molar-refractivity contribution in [1.82, 2.24) is 0 Å². The van der Waals surface area contributed by atoms with Gasteiger partial charge in [-0.2, -0.15) is 8.78 Å². The maximum absolute atomic E-state index is 12.0. The Hall–Kier alpha value is -2.86. The van der Waals surface area contributed by atoms with Crippen LogP contribution in [0.1, 0.15) is 18.1 Å². The standard InChI is InChI=1S/C21H16F2O/c1-2-15-6-8-16(9-7-15)18-10-11-20-17(12-13-24-21(22)23)4-3-5-19(20)14-18/h3-11,14,21H,2H2,1H3. The third-order valence-corrected chi connectivity index (χ3v) is 3.91. The molecule has 0 aliphatic carbocycles. The molecule has 0 amide bonds. The summed E-state index contributed by atoms with van der Waals surface area (Å²) in [6.07, 6.45) is 3.07. The smallest absolute Gasteiger partial charge is 0.381 e. The van der Waals surface area contributed by atoms with Crippen LogP contribution in [0.3, 0.4) is 0 Å². The summed E-state index contributed by atoms with van der Waals surface area (Å²) in [7, 11) is 0. The zero-order valence-corrected chi connectivity index (χ0v) is 13.2. The van der Waals surface area contributed by atoms with Gasteiger partial charge >= 0.3 is 6.61 Å². The van der Waals surface area contributed by atoms with Gasteiger partial charge in [0.25, 0.3) is 0 Å². The number of fused-ring (bicyclic) bond motifs is 1. The Balaban J connectivity index is 1.97. The zero-order valence-electron chi connectivity index (χ0n) is 13.2. The van der Waals surface area contributed by atoms with Crippen molar-refractivity contribution in [3.63, 3.8) is 0 Å². The molecular weight excluding hydrogens is 306 g/mol. The number of halogens is 2. The quantitative estimate of drug-likeness (QED) is 0.569. The predicted molar refractivity (Wildman–Crippen MR) is 92.7 cm³/mol. The van der Waals surface area contributed by atoms with Gasteiger partial charge in [0, 0.05) is 5.56 Å². The molecule has 0 fully saturated rings. The Morgan fingerprint density at radius 2 is 1.71 bits per heavy atom. The maximum Gasteiger partial charge on any atom is 0.395 e. The average molecular weight is 322 g/mol. The van der Waals surface area contributed by atoms with Crippen molar-refractivity contribution >= 4 is 10.8 Å². The second kappa shape index (κ2) is 7.14. The minimum absolute atomic E-state index is 0.668. The molecule has 3 rings (SSSR count). The SMILES string of the molecule is CCc1ccc(-c2ccc3c(C#COC(F)F)cccc3c2)cc1. The summed E-state index contributed by atoms with van der Waals surface area (Å²) in [5.74, 6) is 2.64. The van der Waals surface area contributed by atoms with E-state index in [1.54, 1.807) is 6.07 Å². The highest BCUT2D eigenvalue weighted by Gasteiger charge is 2.03. The Labute approximate surface area is 139 Å². The fourth-order valence-corrected chi connectivity index (χ4v) is 2.63. The monoisotopic (exact) mass is 322 g/mol. The lowest BCUT2D eigenvalue weighted by atomic mass is 9.98. The highest BCUT2D eigenvalue weighted by Crippen LogP contribution is 2.26. The normalized spacial score (nSPS) is 10.5.